The van der Waals surface area contributed by atoms with Gasteiger partial charge in [-0.15, -0.1) is 10.2 Å². The molecule has 108 valence electrons. The summed E-state index contributed by atoms with van der Waals surface area (Å²) in [5.74, 6) is 0. The van der Waals surface area contributed by atoms with Crippen molar-refractivity contribution in [2.24, 2.45) is 5.73 Å². The van der Waals surface area contributed by atoms with Crippen LogP contribution in [-0.4, -0.2) is 20.6 Å². The van der Waals surface area contributed by atoms with Gasteiger partial charge in [0.15, 0.2) is 10.8 Å². The van der Waals surface area contributed by atoms with E-state index in [4.69, 9.17) is 5.73 Å². The molecule has 0 radical (unpaired) electrons. The van der Waals surface area contributed by atoms with Crippen LogP contribution in [0.1, 0.15) is 12.5 Å². The van der Waals surface area contributed by atoms with Gasteiger partial charge in [0.2, 0.25) is 0 Å². The molecule has 6 heteroatoms. The SMILES string of the molecule is CC(N)Cc1ccc(Sc2nnc3ccccn23)cc1Br. The Morgan fingerprint density at radius 2 is 2.14 bits per heavy atom. The summed E-state index contributed by atoms with van der Waals surface area (Å²) in [7, 11) is 0. The van der Waals surface area contributed by atoms with Crippen molar-refractivity contribution in [1.29, 1.82) is 0 Å². The monoisotopic (exact) mass is 362 g/mol. The van der Waals surface area contributed by atoms with Gasteiger partial charge in [0.1, 0.15) is 0 Å². The third-order valence-electron chi connectivity index (χ3n) is 3.06. The van der Waals surface area contributed by atoms with E-state index in [1.807, 2.05) is 35.7 Å². The zero-order chi connectivity index (χ0) is 14.8. The van der Waals surface area contributed by atoms with E-state index in [0.29, 0.717) is 0 Å². The van der Waals surface area contributed by atoms with Crippen LogP contribution in [0.15, 0.2) is 57.1 Å². The highest BCUT2D eigenvalue weighted by Crippen LogP contribution is 2.30. The van der Waals surface area contributed by atoms with E-state index < -0.39 is 0 Å². The van der Waals surface area contributed by atoms with Crippen LogP contribution < -0.4 is 5.73 Å². The lowest BCUT2D eigenvalue weighted by Crippen LogP contribution is -2.17. The molecule has 0 aliphatic rings. The Kier molecular flexibility index (Phi) is 4.28. The van der Waals surface area contributed by atoms with Crippen LogP contribution in [-0.2, 0) is 6.42 Å². The van der Waals surface area contributed by atoms with Crippen molar-refractivity contribution < 1.29 is 0 Å². The quantitative estimate of drug-likeness (QED) is 0.771. The van der Waals surface area contributed by atoms with Crippen LogP contribution in [0.25, 0.3) is 5.65 Å². The number of fused-ring (bicyclic) bond motifs is 1. The van der Waals surface area contributed by atoms with Crippen molar-refractivity contribution in [3.05, 3.63) is 52.6 Å². The normalized spacial score (nSPS) is 12.7. The number of hydrogen-bond acceptors (Lipinski definition) is 4. The van der Waals surface area contributed by atoms with Crippen molar-refractivity contribution in [3.63, 3.8) is 0 Å². The van der Waals surface area contributed by atoms with Gasteiger partial charge < -0.3 is 5.73 Å². The fraction of sp³-hybridized carbons (Fsp3) is 0.200. The van der Waals surface area contributed by atoms with Crippen molar-refractivity contribution >= 4 is 33.3 Å². The standard InChI is InChI=1S/C15H15BrN4S/c1-10(17)8-11-5-6-12(9-13(11)16)21-15-19-18-14-4-2-3-7-20(14)15/h2-7,9-10H,8,17H2,1H3. The van der Waals surface area contributed by atoms with Gasteiger partial charge in [-0.25, -0.2) is 0 Å². The first-order valence-corrected chi connectivity index (χ1v) is 8.26. The number of nitrogens with two attached hydrogens (primary N) is 1. The molecule has 0 saturated heterocycles. The van der Waals surface area contributed by atoms with E-state index in [0.717, 1.165) is 26.6 Å². The Morgan fingerprint density at radius 1 is 1.29 bits per heavy atom. The molecule has 0 bridgehead atoms. The molecule has 4 nitrogen and oxygen atoms in total. The lowest BCUT2D eigenvalue weighted by Gasteiger charge is -2.09. The molecular weight excluding hydrogens is 348 g/mol. The average molecular weight is 363 g/mol. The molecule has 1 unspecified atom stereocenters. The van der Waals surface area contributed by atoms with Crippen molar-refractivity contribution in [2.75, 3.05) is 0 Å². The first-order chi connectivity index (χ1) is 10.1. The second kappa shape index (κ2) is 6.17. The van der Waals surface area contributed by atoms with Crippen LogP contribution in [0.3, 0.4) is 0 Å². The van der Waals surface area contributed by atoms with Crippen molar-refractivity contribution in [2.45, 2.75) is 29.4 Å². The van der Waals surface area contributed by atoms with Gasteiger partial charge in [0.25, 0.3) is 0 Å². The fourth-order valence-corrected chi connectivity index (χ4v) is 3.65. The minimum absolute atomic E-state index is 0.153. The highest BCUT2D eigenvalue weighted by molar-refractivity contribution is 9.10. The number of aromatic nitrogens is 3. The van der Waals surface area contributed by atoms with Gasteiger partial charge in [-0.1, -0.05) is 28.1 Å². The molecule has 3 rings (SSSR count). The molecule has 2 heterocycles. The van der Waals surface area contributed by atoms with Gasteiger partial charge in [-0.2, -0.15) is 0 Å². The predicted molar refractivity (Wildman–Crippen MR) is 88.6 cm³/mol. The Hall–Kier alpha value is -1.37. The molecule has 0 saturated carbocycles. The molecule has 2 N–H and O–H groups in total. The second-order valence-electron chi connectivity index (χ2n) is 4.95. The Bertz CT molecular complexity index is 769. The highest BCUT2D eigenvalue weighted by atomic mass is 79.9. The van der Waals surface area contributed by atoms with Crippen LogP contribution >= 0.6 is 27.7 Å². The zero-order valence-corrected chi connectivity index (χ0v) is 13.9. The number of pyridine rings is 1. The first-order valence-electron chi connectivity index (χ1n) is 6.65. The highest BCUT2D eigenvalue weighted by Gasteiger charge is 2.09. The molecule has 0 aliphatic heterocycles. The van der Waals surface area contributed by atoms with Gasteiger partial charge >= 0.3 is 0 Å². The number of hydrogen-bond donors (Lipinski definition) is 1. The molecule has 0 aliphatic carbocycles. The van der Waals surface area contributed by atoms with E-state index >= 15 is 0 Å². The molecular formula is C15H15BrN4S. The number of rotatable bonds is 4. The summed E-state index contributed by atoms with van der Waals surface area (Å²) < 4.78 is 3.06. The van der Waals surface area contributed by atoms with Crippen LogP contribution in [0, 0.1) is 0 Å². The lowest BCUT2D eigenvalue weighted by molar-refractivity contribution is 0.735. The summed E-state index contributed by atoms with van der Waals surface area (Å²) in [5, 5.41) is 9.25. The average Bonchev–Trinajstić information content (AvgIpc) is 2.85. The van der Waals surface area contributed by atoms with Gasteiger partial charge in [0, 0.05) is 21.6 Å². The number of benzene rings is 1. The zero-order valence-electron chi connectivity index (χ0n) is 11.5. The third-order valence-corrected chi connectivity index (χ3v) is 4.75. The first kappa shape index (κ1) is 14.6. The molecule has 1 aromatic carbocycles. The van der Waals surface area contributed by atoms with Crippen molar-refractivity contribution in [1.82, 2.24) is 14.6 Å². The van der Waals surface area contributed by atoms with Gasteiger partial charge in [-0.3, -0.25) is 4.40 Å². The molecule has 0 fully saturated rings. The van der Waals surface area contributed by atoms with E-state index in [1.54, 1.807) is 11.8 Å². The lowest BCUT2D eigenvalue weighted by atomic mass is 10.1. The topological polar surface area (TPSA) is 56.2 Å². The maximum Gasteiger partial charge on any atom is 0.200 e. The molecule has 2 aromatic heterocycles. The third kappa shape index (κ3) is 3.28. The number of halogens is 1. The summed E-state index contributed by atoms with van der Waals surface area (Å²) in [6, 6.07) is 12.3. The van der Waals surface area contributed by atoms with Gasteiger partial charge in [0.05, 0.1) is 0 Å². The van der Waals surface area contributed by atoms with E-state index in [-0.39, 0.29) is 6.04 Å². The molecule has 0 amide bonds. The molecule has 0 spiro atoms. The minimum atomic E-state index is 0.153. The van der Waals surface area contributed by atoms with E-state index in [9.17, 15) is 0 Å². The molecule has 1 atom stereocenters. The smallest absolute Gasteiger partial charge is 0.200 e. The Morgan fingerprint density at radius 3 is 2.90 bits per heavy atom. The Balaban J connectivity index is 1.86. The van der Waals surface area contributed by atoms with E-state index in [1.165, 1.54) is 5.56 Å². The molecule has 3 aromatic rings. The summed E-state index contributed by atoms with van der Waals surface area (Å²) >= 11 is 5.21. The van der Waals surface area contributed by atoms with Gasteiger partial charge in [-0.05, 0) is 54.9 Å². The minimum Gasteiger partial charge on any atom is -0.328 e. The van der Waals surface area contributed by atoms with Crippen LogP contribution in [0.5, 0.6) is 0 Å². The van der Waals surface area contributed by atoms with Crippen molar-refractivity contribution in [3.8, 4) is 0 Å². The maximum absolute atomic E-state index is 5.86. The summed E-state index contributed by atoms with van der Waals surface area (Å²) in [4.78, 5) is 1.12. The Labute approximate surface area is 135 Å². The summed E-state index contributed by atoms with van der Waals surface area (Å²) in [6.45, 7) is 2.01. The summed E-state index contributed by atoms with van der Waals surface area (Å²) in [5.41, 5.74) is 7.93. The van der Waals surface area contributed by atoms with E-state index in [2.05, 4.69) is 44.3 Å². The maximum atomic E-state index is 5.86. The van der Waals surface area contributed by atoms with Crippen LogP contribution in [0.4, 0.5) is 0 Å². The second-order valence-corrected chi connectivity index (χ2v) is 6.84. The summed E-state index contributed by atoms with van der Waals surface area (Å²) in [6.07, 6.45) is 2.83. The fourth-order valence-electron chi connectivity index (χ4n) is 2.10. The predicted octanol–water partition coefficient (Wildman–Crippen LogP) is 3.53. The largest absolute Gasteiger partial charge is 0.328 e. The molecule has 21 heavy (non-hydrogen) atoms. The number of nitrogens with zero attached hydrogens (tertiary/aromatic N) is 3. The van der Waals surface area contributed by atoms with Crippen LogP contribution in [0.2, 0.25) is 0 Å².